The summed E-state index contributed by atoms with van der Waals surface area (Å²) < 4.78 is 5.41. The van der Waals surface area contributed by atoms with Gasteiger partial charge in [-0.15, -0.1) is 0 Å². The Morgan fingerprint density at radius 2 is 1.00 bits per heavy atom. The molecule has 0 fully saturated rings. The Bertz CT molecular complexity index is 1190. The van der Waals surface area contributed by atoms with E-state index in [1.807, 2.05) is 6.66 Å². The molecule has 0 bridgehead atoms. The van der Waals surface area contributed by atoms with Crippen LogP contribution in [0.25, 0.3) is 12.2 Å². The predicted octanol–water partition coefficient (Wildman–Crippen LogP) is 2.41. The molecule has 0 spiro atoms. The molecule has 0 aromatic heterocycles. The van der Waals surface area contributed by atoms with Crippen molar-refractivity contribution in [3.63, 3.8) is 0 Å². The normalized spacial score (nSPS) is 19.3. The zero-order valence-corrected chi connectivity index (χ0v) is 33.9. The van der Waals surface area contributed by atoms with Crippen molar-refractivity contribution in [2.24, 2.45) is 0 Å². The maximum absolute atomic E-state index is 2.58. The van der Waals surface area contributed by atoms with E-state index in [-0.39, 0.29) is 24.8 Å². The predicted molar refractivity (Wildman–Crippen MR) is 158 cm³/mol. The van der Waals surface area contributed by atoms with Crippen LogP contribution in [0.1, 0.15) is 42.4 Å². The summed E-state index contributed by atoms with van der Waals surface area (Å²) in [6.45, 7) is 10.3. The second-order valence-electron chi connectivity index (χ2n) is 10.8. The van der Waals surface area contributed by atoms with Crippen LogP contribution < -0.4 is 24.8 Å². The Morgan fingerprint density at radius 3 is 1.34 bits per heavy atom. The van der Waals surface area contributed by atoms with Gasteiger partial charge in [0.15, 0.2) is 0 Å². The maximum Gasteiger partial charge on any atom is -1.00 e. The Morgan fingerprint density at radius 1 is 0.605 bits per heavy atom. The molecule has 0 amide bonds. The fraction of sp³-hybridized carbons (Fsp3) is 0.250. The van der Waals surface area contributed by atoms with Gasteiger partial charge in [0.25, 0.3) is 0 Å². The molecular weight excluding hydrogens is 868 g/mol. The van der Waals surface area contributed by atoms with Crippen LogP contribution >= 0.6 is 0 Å². The quantitative estimate of drug-likeness (QED) is 0.392. The summed E-state index contributed by atoms with van der Waals surface area (Å²) in [5, 5.41) is 0. The molecular formula is C32H38Cl2Hf2Si2. The van der Waals surface area contributed by atoms with Gasteiger partial charge in [-0.05, 0) is 0 Å². The molecule has 0 saturated carbocycles. The van der Waals surface area contributed by atoms with E-state index in [2.05, 4.69) is 135 Å². The molecule has 0 nitrogen and oxygen atoms in total. The first kappa shape index (κ1) is 32.2. The van der Waals surface area contributed by atoms with E-state index in [1.54, 1.807) is 11.1 Å². The molecule has 0 radical (unpaired) electrons. The second-order valence-corrected chi connectivity index (χ2v) is 66.1. The molecule has 4 aliphatic rings. The van der Waals surface area contributed by atoms with Gasteiger partial charge in [-0.2, -0.15) is 0 Å². The largest absolute Gasteiger partial charge is 1.00 e. The van der Waals surface area contributed by atoms with Crippen molar-refractivity contribution in [1.82, 2.24) is 0 Å². The molecule has 0 saturated heterocycles. The van der Waals surface area contributed by atoms with Crippen molar-refractivity contribution in [2.45, 2.75) is 46.4 Å². The molecule has 0 aliphatic heterocycles. The summed E-state index contributed by atoms with van der Waals surface area (Å²) in [5.41, 5.74) is 6.22. The number of allylic oxidation sites excluding steroid dienone is 10. The van der Waals surface area contributed by atoms with Gasteiger partial charge in [-0.3, -0.25) is 0 Å². The standard InChI is InChI=1S/2C9H7.2C5H5.2C2H7Si.2ClH.2Hf/c2*1-2-5-9-7-3-6-8(9)4-1;2*1-2-4-5-3-1;2*1-3-2;;;;/h2*1-7H;2*1-3H,4H2;2*3H,1-2H3;2*1H;;/q;;;;;;;;2*+1/p-2. The smallest absolute Gasteiger partial charge is 1.00 e. The summed E-state index contributed by atoms with van der Waals surface area (Å²) in [4.78, 5) is 0. The minimum absolute atomic E-state index is 0. The first-order valence-corrected chi connectivity index (χ1v) is 39.5. The van der Waals surface area contributed by atoms with E-state index < -0.39 is 53.2 Å². The van der Waals surface area contributed by atoms with Crippen molar-refractivity contribution < 1.29 is 66.0 Å². The average molecular weight is 907 g/mol. The van der Waals surface area contributed by atoms with Crippen molar-refractivity contribution >= 4 is 24.1 Å². The average Bonchev–Trinajstić information content (AvgIpc) is 3.69. The second kappa shape index (κ2) is 15.0. The van der Waals surface area contributed by atoms with Gasteiger partial charge in [-0.1, -0.05) is 0 Å². The molecule has 2 aromatic carbocycles. The Kier molecular flexibility index (Phi) is 12.7. The summed E-state index contributed by atoms with van der Waals surface area (Å²) in [6.07, 6.45) is 26.5. The molecule has 2 aromatic rings. The number of benzene rings is 2. The third-order valence-corrected chi connectivity index (χ3v) is 65.5. The van der Waals surface area contributed by atoms with E-state index in [1.165, 1.54) is 24.0 Å². The van der Waals surface area contributed by atoms with Crippen molar-refractivity contribution in [2.75, 3.05) is 0 Å². The van der Waals surface area contributed by atoms with E-state index in [0.29, 0.717) is 0 Å². The molecule has 2 atom stereocenters. The van der Waals surface area contributed by atoms with Crippen LogP contribution in [-0.4, -0.2) is 12.0 Å². The molecule has 0 N–H and O–H groups in total. The van der Waals surface area contributed by atoms with Crippen LogP contribution in [0, 0.1) is 0 Å². The van der Waals surface area contributed by atoms with Gasteiger partial charge < -0.3 is 24.8 Å². The van der Waals surface area contributed by atoms with Gasteiger partial charge in [0.2, 0.25) is 0 Å². The monoisotopic (exact) mass is 908 g/mol. The summed E-state index contributed by atoms with van der Waals surface area (Å²) >= 11 is -3.28. The van der Waals surface area contributed by atoms with Gasteiger partial charge in [0.1, 0.15) is 0 Å². The van der Waals surface area contributed by atoms with E-state index in [4.69, 9.17) is 0 Å². The first-order valence-electron chi connectivity index (χ1n) is 13.5. The van der Waals surface area contributed by atoms with Gasteiger partial charge in [0.05, 0.1) is 0 Å². The van der Waals surface area contributed by atoms with E-state index in [9.17, 15) is 0 Å². The molecule has 6 heteroatoms. The molecule has 0 heterocycles. The number of halogens is 2. The Labute approximate surface area is 259 Å². The van der Waals surface area contributed by atoms with Crippen LogP contribution in [0.5, 0.6) is 0 Å². The summed E-state index contributed by atoms with van der Waals surface area (Å²) in [5.74, 6) is -0.994. The molecule has 2 unspecified atom stereocenters. The fourth-order valence-electron chi connectivity index (χ4n) is 6.22. The minimum Gasteiger partial charge on any atom is -1.00 e. The van der Waals surface area contributed by atoms with Crippen LogP contribution in [0.15, 0.2) is 104 Å². The summed E-state index contributed by atoms with van der Waals surface area (Å²) in [6, 6.07) is 18.0. The van der Waals surface area contributed by atoms with E-state index in [0.717, 1.165) is 7.35 Å². The zero-order valence-electron chi connectivity index (χ0n) is 22.9. The third kappa shape index (κ3) is 7.09. The zero-order chi connectivity index (χ0) is 25.1. The van der Waals surface area contributed by atoms with Gasteiger partial charge >= 0.3 is 238 Å². The summed E-state index contributed by atoms with van der Waals surface area (Å²) in [7, 11) is 0. The molecule has 6 rings (SSSR count). The Hall–Kier alpha value is -0.366. The van der Waals surface area contributed by atoms with E-state index >= 15 is 0 Å². The van der Waals surface area contributed by atoms with Crippen LogP contribution in [-0.2, 0) is 41.2 Å². The van der Waals surface area contributed by atoms with Crippen LogP contribution in [0.4, 0.5) is 0 Å². The number of hydrogen-bond acceptors (Lipinski definition) is 0. The van der Waals surface area contributed by atoms with Crippen LogP contribution in [0.3, 0.4) is 0 Å². The number of hydrogen-bond donors (Lipinski definition) is 0. The maximum atomic E-state index is 2.58. The van der Waals surface area contributed by atoms with Crippen molar-refractivity contribution in [3.8, 4) is 0 Å². The van der Waals surface area contributed by atoms with Crippen molar-refractivity contribution in [3.05, 3.63) is 126 Å². The molecule has 4 aliphatic carbocycles. The van der Waals surface area contributed by atoms with Gasteiger partial charge in [0, 0.05) is 0 Å². The minimum atomic E-state index is -1.64. The molecule has 38 heavy (non-hydrogen) atoms. The topological polar surface area (TPSA) is 0 Å². The third-order valence-electron chi connectivity index (χ3n) is 7.80. The molecule has 196 valence electrons. The SMILES string of the molecule is C[SiH](C)[Hf+]([C]1=CC=CC1)[CH]1C=Cc2ccccc21.C[SiH](C)[Hf+]([C]1=CC=CC1)[CH]1C=Cc2ccccc21.[Cl-].[Cl-]. The van der Waals surface area contributed by atoms with Crippen LogP contribution in [0.2, 0.25) is 26.2 Å². The number of rotatable bonds is 6. The fourth-order valence-corrected chi connectivity index (χ4v) is 62.8. The Balaban J connectivity index is 0.000000200. The van der Waals surface area contributed by atoms with Crippen molar-refractivity contribution in [1.29, 1.82) is 0 Å². The number of fused-ring (bicyclic) bond motifs is 2. The van der Waals surface area contributed by atoms with Gasteiger partial charge in [-0.25, -0.2) is 0 Å². The first-order chi connectivity index (χ1) is 17.5.